The number of benzene rings is 2. The molecule has 0 bridgehead atoms. The van der Waals surface area contributed by atoms with Gasteiger partial charge in [-0.2, -0.15) is 0 Å². The molecule has 2 unspecified atom stereocenters. The molecule has 0 aliphatic carbocycles. The first-order valence-corrected chi connectivity index (χ1v) is 11.9. The van der Waals surface area contributed by atoms with Crippen molar-refractivity contribution >= 4 is 35.1 Å². The Kier molecular flexibility index (Phi) is 6.84. The monoisotopic (exact) mass is 413 g/mol. The van der Waals surface area contributed by atoms with Crippen LogP contribution in [0.5, 0.6) is 0 Å². The highest BCUT2D eigenvalue weighted by atomic mass is 32.1. The van der Waals surface area contributed by atoms with Crippen LogP contribution in [0, 0.1) is 5.92 Å². The van der Waals surface area contributed by atoms with Crippen molar-refractivity contribution in [1.82, 2.24) is 0 Å². The Morgan fingerprint density at radius 1 is 1.00 bits per heavy atom. The van der Waals surface area contributed by atoms with Crippen LogP contribution in [-0.2, 0) is 20.5 Å². The zero-order valence-electron chi connectivity index (χ0n) is 15.7. The molecule has 146 valence electrons. The summed E-state index contributed by atoms with van der Waals surface area (Å²) in [6.07, 6.45) is 0.682. The lowest BCUT2D eigenvalue weighted by Crippen LogP contribution is -2.42. The van der Waals surface area contributed by atoms with E-state index >= 15 is 0 Å². The van der Waals surface area contributed by atoms with E-state index in [1.807, 2.05) is 78.2 Å². The maximum atomic E-state index is 14.2. The largest absolute Gasteiger partial charge is 0.469 e. The Bertz CT molecular complexity index is 885. The molecular weight excluding hydrogens is 389 g/mol. The Hall–Kier alpha value is -2.20. The number of carbonyl (C=O) groups is 1. The Morgan fingerprint density at radius 2 is 1.57 bits per heavy atom. The highest BCUT2D eigenvalue weighted by Gasteiger charge is 2.35. The lowest BCUT2D eigenvalue weighted by Gasteiger charge is -2.27. The van der Waals surface area contributed by atoms with Crippen molar-refractivity contribution in [3.8, 4) is 0 Å². The first-order chi connectivity index (χ1) is 13.5. The average Bonchev–Trinajstić information content (AvgIpc) is 3.26. The van der Waals surface area contributed by atoms with E-state index in [9.17, 15) is 9.36 Å². The zero-order chi connectivity index (χ0) is 20.0. The van der Waals surface area contributed by atoms with Crippen molar-refractivity contribution in [1.29, 1.82) is 0 Å². The average molecular weight is 413 g/mol. The van der Waals surface area contributed by atoms with Crippen LogP contribution in [0.4, 0.5) is 0 Å². The summed E-state index contributed by atoms with van der Waals surface area (Å²) in [6, 6.07) is 22.1. The minimum atomic E-state index is -3.00. The molecule has 0 saturated carbocycles. The molecule has 3 rings (SSSR count). The van der Waals surface area contributed by atoms with Crippen molar-refractivity contribution in [2.24, 2.45) is 11.7 Å². The molecule has 28 heavy (non-hydrogen) atoms. The molecule has 2 atom stereocenters. The second-order valence-electron chi connectivity index (χ2n) is 6.67. The third-order valence-corrected chi connectivity index (χ3v) is 8.94. The maximum Gasteiger partial charge on any atom is 0.310 e. The number of rotatable bonds is 8. The van der Waals surface area contributed by atoms with Crippen molar-refractivity contribution in [3.63, 3.8) is 0 Å². The minimum Gasteiger partial charge on any atom is -0.469 e. The molecule has 0 spiro atoms. The third kappa shape index (κ3) is 4.61. The van der Waals surface area contributed by atoms with E-state index in [-0.39, 0.29) is 12.1 Å². The molecule has 0 aliphatic heterocycles. The summed E-state index contributed by atoms with van der Waals surface area (Å²) in [4.78, 5) is 13.5. The fourth-order valence-electron chi connectivity index (χ4n) is 3.33. The summed E-state index contributed by atoms with van der Waals surface area (Å²) < 4.78 is 19.2. The Morgan fingerprint density at radius 3 is 2.04 bits per heavy atom. The molecule has 0 radical (unpaired) electrons. The van der Waals surface area contributed by atoms with Gasteiger partial charge in [-0.3, -0.25) is 4.79 Å². The van der Waals surface area contributed by atoms with Crippen LogP contribution in [0.2, 0.25) is 0 Å². The fraction of sp³-hybridized carbons (Fsp3) is 0.227. The molecule has 2 N–H and O–H groups in total. The number of ether oxygens (including phenoxy) is 1. The molecule has 1 aromatic heterocycles. The second-order valence-corrected chi connectivity index (χ2v) is 10.6. The van der Waals surface area contributed by atoms with E-state index in [2.05, 4.69) is 0 Å². The number of hydrogen-bond acceptors (Lipinski definition) is 5. The maximum absolute atomic E-state index is 14.2. The van der Waals surface area contributed by atoms with Crippen LogP contribution < -0.4 is 16.3 Å². The summed E-state index contributed by atoms with van der Waals surface area (Å²) in [6.45, 7) is 0. The van der Waals surface area contributed by atoms with Gasteiger partial charge in [-0.15, -0.1) is 11.3 Å². The molecule has 0 aliphatic rings. The summed E-state index contributed by atoms with van der Waals surface area (Å²) in [5, 5.41) is 3.46. The van der Waals surface area contributed by atoms with Crippen molar-refractivity contribution in [2.75, 3.05) is 13.3 Å². The highest BCUT2D eigenvalue weighted by molar-refractivity contribution is 7.78. The lowest BCUT2D eigenvalue weighted by atomic mass is 9.97. The molecule has 0 saturated heterocycles. The predicted octanol–water partition coefficient (Wildman–Crippen LogP) is 3.42. The Balaban J connectivity index is 1.95. The van der Waals surface area contributed by atoms with E-state index in [1.54, 1.807) is 11.3 Å². The number of carbonyl (C=O) groups excluding carboxylic acids is 1. The van der Waals surface area contributed by atoms with E-state index in [0.717, 1.165) is 15.5 Å². The first-order valence-electron chi connectivity index (χ1n) is 9.10. The van der Waals surface area contributed by atoms with Gasteiger partial charge in [-0.05, 0) is 17.9 Å². The molecule has 2 aromatic carbocycles. The van der Waals surface area contributed by atoms with E-state index in [0.29, 0.717) is 6.42 Å². The van der Waals surface area contributed by atoms with Crippen molar-refractivity contribution in [2.45, 2.75) is 12.5 Å². The van der Waals surface area contributed by atoms with E-state index in [1.165, 1.54) is 7.11 Å². The van der Waals surface area contributed by atoms with Crippen molar-refractivity contribution < 1.29 is 14.1 Å². The summed E-state index contributed by atoms with van der Waals surface area (Å²) in [5.74, 6) is -0.919. The topological polar surface area (TPSA) is 69.4 Å². The standard InChI is InChI=1S/C22H24NO3PS/c1-26-22(24)20(15-19-13-8-14-28-19)21(23)16-27(25,17-9-4-2-5-10-17)18-11-6-3-7-12-18/h2-14,20-21H,15-16,23H2,1H3. The molecule has 1 heterocycles. The van der Waals surface area contributed by atoms with Crippen LogP contribution in [0.3, 0.4) is 0 Å². The van der Waals surface area contributed by atoms with E-state index in [4.69, 9.17) is 10.5 Å². The summed E-state index contributed by atoms with van der Waals surface area (Å²) in [7, 11) is -1.64. The minimum absolute atomic E-state index is 0.201. The molecule has 0 amide bonds. The SMILES string of the molecule is COC(=O)C(Cc1cccs1)C(N)CP(=O)(c1ccccc1)c1ccccc1. The van der Waals surface area contributed by atoms with Gasteiger partial charge in [-0.1, -0.05) is 66.7 Å². The van der Waals surface area contributed by atoms with Crippen molar-refractivity contribution in [3.05, 3.63) is 83.1 Å². The van der Waals surface area contributed by atoms with E-state index < -0.39 is 19.1 Å². The predicted molar refractivity (Wildman–Crippen MR) is 116 cm³/mol. The van der Waals surface area contributed by atoms with Gasteiger partial charge in [0.05, 0.1) is 13.0 Å². The van der Waals surface area contributed by atoms with Crippen LogP contribution in [0.15, 0.2) is 78.2 Å². The summed E-state index contributed by atoms with van der Waals surface area (Å²) >= 11 is 1.57. The zero-order valence-corrected chi connectivity index (χ0v) is 17.4. The van der Waals surface area contributed by atoms with Crippen LogP contribution in [-0.4, -0.2) is 25.3 Å². The van der Waals surface area contributed by atoms with Crippen LogP contribution in [0.25, 0.3) is 0 Å². The molecule has 3 aromatic rings. The van der Waals surface area contributed by atoms with Gasteiger partial charge in [0.15, 0.2) is 0 Å². The van der Waals surface area contributed by atoms with Gasteiger partial charge in [0.25, 0.3) is 0 Å². The van der Waals surface area contributed by atoms with Gasteiger partial charge in [0.1, 0.15) is 7.14 Å². The summed E-state index contributed by atoms with van der Waals surface area (Å²) in [5.41, 5.74) is 6.50. The number of hydrogen-bond donors (Lipinski definition) is 1. The van der Waals surface area contributed by atoms with Gasteiger partial charge in [-0.25, -0.2) is 0 Å². The number of nitrogens with two attached hydrogens (primary N) is 1. The Labute approximate surface area is 169 Å². The van der Waals surface area contributed by atoms with Gasteiger partial charge in [0.2, 0.25) is 0 Å². The van der Waals surface area contributed by atoms with Crippen LogP contribution >= 0.6 is 18.5 Å². The normalized spacial score (nSPS) is 13.6. The molecule has 4 nitrogen and oxygen atoms in total. The van der Waals surface area contributed by atoms with Crippen LogP contribution in [0.1, 0.15) is 4.88 Å². The first kappa shape index (κ1) is 20.5. The fourth-order valence-corrected chi connectivity index (χ4v) is 6.97. The van der Waals surface area contributed by atoms with Gasteiger partial charge >= 0.3 is 5.97 Å². The molecule has 6 heteroatoms. The van der Waals surface area contributed by atoms with Gasteiger partial charge < -0.3 is 15.0 Å². The highest BCUT2D eigenvalue weighted by Crippen LogP contribution is 2.44. The second kappa shape index (κ2) is 9.33. The number of methoxy groups -OCH3 is 1. The van der Waals surface area contributed by atoms with Gasteiger partial charge in [0, 0.05) is 27.7 Å². The smallest absolute Gasteiger partial charge is 0.310 e. The quantitative estimate of drug-likeness (QED) is 0.454. The number of esters is 1. The third-order valence-electron chi connectivity index (χ3n) is 4.84. The molecular formula is C22H24NO3PS. The number of thiophene rings is 1. The molecule has 0 fully saturated rings. The lowest BCUT2D eigenvalue weighted by molar-refractivity contribution is -0.145.